The van der Waals surface area contributed by atoms with E-state index in [9.17, 15) is 9.59 Å². The number of hydrogen-bond donors (Lipinski definition) is 3. The number of piperidine rings is 1. The molecule has 1 aliphatic heterocycles. The van der Waals surface area contributed by atoms with Crippen LogP contribution < -0.4 is 16.0 Å². The molecule has 1 saturated heterocycles. The van der Waals surface area contributed by atoms with Crippen LogP contribution in [0.4, 0.5) is 27.8 Å². The fraction of sp³-hybridized carbons (Fsp3) is 0.385. The van der Waals surface area contributed by atoms with Gasteiger partial charge in [-0.2, -0.15) is 5.26 Å². The maximum Gasteiger partial charge on any atom is 0.410 e. The van der Waals surface area contributed by atoms with Crippen LogP contribution in [0.2, 0.25) is 0 Å². The maximum atomic E-state index is 13.1. The molecular formula is C26H30N10O3. The highest BCUT2D eigenvalue weighted by atomic mass is 16.6. The van der Waals surface area contributed by atoms with Crippen LogP contribution in [0.25, 0.3) is 0 Å². The van der Waals surface area contributed by atoms with Crippen molar-refractivity contribution >= 4 is 35.0 Å². The number of amides is 2. The smallest absolute Gasteiger partial charge is 0.410 e. The van der Waals surface area contributed by atoms with Crippen molar-refractivity contribution in [3.63, 3.8) is 0 Å². The predicted octanol–water partition coefficient (Wildman–Crippen LogP) is 3.59. The average Bonchev–Trinajstić information content (AvgIpc) is 2.92. The summed E-state index contributed by atoms with van der Waals surface area (Å²) in [5.74, 6) is 0.385. The van der Waals surface area contributed by atoms with Gasteiger partial charge in [-0.15, -0.1) is 10.2 Å². The Morgan fingerprint density at radius 2 is 1.95 bits per heavy atom. The number of likely N-dealkylation sites (tertiary alicyclic amines) is 1. The Labute approximate surface area is 226 Å². The monoisotopic (exact) mass is 530 g/mol. The zero-order valence-electron chi connectivity index (χ0n) is 22.0. The molecule has 3 aromatic rings. The summed E-state index contributed by atoms with van der Waals surface area (Å²) in [6.07, 6.45) is 7.33. The molecule has 13 heteroatoms. The van der Waals surface area contributed by atoms with Gasteiger partial charge in [0.1, 0.15) is 17.5 Å². The number of nitriles is 1. The molecule has 0 saturated carbocycles. The standard InChI is InChI=1S/C26H30N10O3/c1-26(2,3)39-25(38)36-10-4-5-17(16-36)13-30-20-11-21(33-22-15-29-19(12-27)14-31-22)34-35-23(20)24(37)32-18-6-8-28-9-7-18/h6-9,11,14-15,17H,4-5,10,13,16H2,1-3H3,(H,28,32,37)(H2,30,31,33,34). The highest BCUT2D eigenvalue weighted by Gasteiger charge is 2.28. The predicted molar refractivity (Wildman–Crippen MR) is 143 cm³/mol. The molecule has 1 aliphatic rings. The van der Waals surface area contributed by atoms with Crippen molar-refractivity contribution in [1.29, 1.82) is 5.26 Å². The normalized spacial score (nSPS) is 15.1. The first-order valence-electron chi connectivity index (χ1n) is 12.5. The lowest BCUT2D eigenvalue weighted by molar-refractivity contribution is 0.0172. The van der Waals surface area contributed by atoms with E-state index in [-0.39, 0.29) is 23.4 Å². The number of anilines is 4. The molecule has 1 atom stereocenters. The molecule has 4 rings (SSSR count). The fourth-order valence-corrected chi connectivity index (χ4v) is 3.94. The Morgan fingerprint density at radius 1 is 1.15 bits per heavy atom. The van der Waals surface area contributed by atoms with E-state index in [0.717, 1.165) is 12.8 Å². The number of aromatic nitrogens is 5. The van der Waals surface area contributed by atoms with Crippen LogP contribution in [0, 0.1) is 17.2 Å². The molecule has 0 spiro atoms. The van der Waals surface area contributed by atoms with Gasteiger partial charge in [0.2, 0.25) is 0 Å². The van der Waals surface area contributed by atoms with Crippen molar-refractivity contribution in [2.45, 2.75) is 39.2 Å². The van der Waals surface area contributed by atoms with Crippen molar-refractivity contribution in [3.8, 4) is 6.07 Å². The van der Waals surface area contributed by atoms with Crippen LogP contribution in [-0.2, 0) is 4.74 Å². The average molecular weight is 531 g/mol. The van der Waals surface area contributed by atoms with Gasteiger partial charge in [0.05, 0.1) is 18.1 Å². The first kappa shape index (κ1) is 27.2. The Morgan fingerprint density at radius 3 is 2.64 bits per heavy atom. The van der Waals surface area contributed by atoms with E-state index in [1.165, 1.54) is 12.4 Å². The fourth-order valence-electron chi connectivity index (χ4n) is 3.94. The number of hydrogen-bond acceptors (Lipinski definition) is 11. The molecule has 0 aromatic carbocycles. The van der Waals surface area contributed by atoms with Gasteiger partial charge in [0, 0.05) is 43.8 Å². The lowest BCUT2D eigenvalue weighted by Gasteiger charge is -2.34. The van der Waals surface area contributed by atoms with Crippen LogP contribution in [0.15, 0.2) is 43.0 Å². The minimum Gasteiger partial charge on any atom is -0.444 e. The maximum absolute atomic E-state index is 13.1. The molecule has 1 unspecified atom stereocenters. The summed E-state index contributed by atoms with van der Waals surface area (Å²) in [7, 11) is 0. The van der Waals surface area contributed by atoms with Crippen LogP contribution in [0.3, 0.4) is 0 Å². The van der Waals surface area contributed by atoms with E-state index >= 15 is 0 Å². The Kier molecular flexibility index (Phi) is 8.45. The lowest BCUT2D eigenvalue weighted by atomic mass is 9.98. The molecule has 13 nitrogen and oxygen atoms in total. The minimum absolute atomic E-state index is 0.100. The molecule has 2 amide bonds. The van der Waals surface area contributed by atoms with Gasteiger partial charge in [-0.05, 0) is 51.7 Å². The van der Waals surface area contributed by atoms with Crippen molar-refractivity contribution in [1.82, 2.24) is 30.0 Å². The third-order valence-corrected chi connectivity index (χ3v) is 5.72. The van der Waals surface area contributed by atoms with Crippen molar-refractivity contribution < 1.29 is 14.3 Å². The molecular weight excluding hydrogens is 500 g/mol. The van der Waals surface area contributed by atoms with Gasteiger partial charge < -0.3 is 25.6 Å². The summed E-state index contributed by atoms with van der Waals surface area (Å²) >= 11 is 0. The molecule has 4 heterocycles. The van der Waals surface area contributed by atoms with Gasteiger partial charge in [0.25, 0.3) is 5.91 Å². The minimum atomic E-state index is -0.565. The van der Waals surface area contributed by atoms with Gasteiger partial charge >= 0.3 is 6.09 Å². The molecule has 39 heavy (non-hydrogen) atoms. The van der Waals surface area contributed by atoms with Crippen LogP contribution in [-0.4, -0.2) is 67.3 Å². The summed E-state index contributed by atoms with van der Waals surface area (Å²) in [4.78, 5) is 39.5. The third-order valence-electron chi connectivity index (χ3n) is 5.72. The van der Waals surface area contributed by atoms with E-state index in [4.69, 9.17) is 10.00 Å². The Bertz CT molecular complexity index is 1340. The number of ether oxygens (including phenoxy) is 1. The molecule has 1 fully saturated rings. The second-order valence-electron chi connectivity index (χ2n) is 10.0. The van der Waals surface area contributed by atoms with Crippen LogP contribution in [0.1, 0.15) is 49.8 Å². The third kappa shape index (κ3) is 7.81. The molecule has 0 bridgehead atoms. The quantitative estimate of drug-likeness (QED) is 0.408. The Balaban J connectivity index is 1.50. The number of nitrogens with zero attached hydrogens (tertiary/aromatic N) is 7. The number of carbonyl (C=O) groups is 2. The zero-order chi connectivity index (χ0) is 27.8. The molecule has 3 aromatic heterocycles. The summed E-state index contributed by atoms with van der Waals surface area (Å²) in [5.41, 5.74) is 0.742. The first-order chi connectivity index (χ1) is 18.7. The van der Waals surface area contributed by atoms with E-state index in [2.05, 4.69) is 41.1 Å². The second-order valence-corrected chi connectivity index (χ2v) is 10.0. The summed E-state index contributed by atoms with van der Waals surface area (Å²) in [6.45, 7) is 7.21. The van der Waals surface area contributed by atoms with Crippen LogP contribution in [0.5, 0.6) is 0 Å². The van der Waals surface area contributed by atoms with Gasteiger partial charge in [0.15, 0.2) is 17.2 Å². The molecule has 0 aliphatic carbocycles. The SMILES string of the molecule is CC(C)(C)OC(=O)N1CCCC(CNc2cc(Nc3cnc(C#N)cn3)nnc2C(=O)Nc2ccncc2)C1. The second kappa shape index (κ2) is 12.1. The number of pyridine rings is 1. The topological polar surface area (TPSA) is 171 Å². The van der Waals surface area contributed by atoms with Gasteiger partial charge in [-0.3, -0.25) is 9.78 Å². The molecule has 202 valence electrons. The highest BCUT2D eigenvalue weighted by Crippen LogP contribution is 2.23. The van der Waals surface area contributed by atoms with Crippen LogP contribution >= 0.6 is 0 Å². The summed E-state index contributed by atoms with van der Waals surface area (Å²) in [6, 6.07) is 6.91. The van der Waals surface area contributed by atoms with Crippen molar-refractivity contribution in [3.05, 3.63) is 54.4 Å². The van der Waals surface area contributed by atoms with E-state index in [0.29, 0.717) is 42.6 Å². The molecule has 0 radical (unpaired) electrons. The molecule has 3 N–H and O–H groups in total. The summed E-state index contributed by atoms with van der Waals surface area (Å²) in [5, 5.41) is 26.3. The van der Waals surface area contributed by atoms with Crippen molar-refractivity contribution in [2.24, 2.45) is 5.92 Å². The zero-order valence-corrected chi connectivity index (χ0v) is 22.0. The van der Waals surface area contributed by atoms with E-state index < -0.39 is 11.5 Å². The van der Waals surface area contributed by atoms with Gasteiger partial charge in [-0.1, -0.05) is 0 Å². The largest absolute Gasteiger partial charge is 0.444 e. The Hall–Kier alpha value is -4.86. The van der Waals surface area contributed by atoms with Crippen molar-refractivity contribution in [2.75, 3.05) is 35.6 Å². The van der Waals surface area contributed by atoms with Gasteiger partial charge in [-0.25, -0.2) is 14.8 Å². The first-order valence-corrected chi connectivity index (χ1v) is 12.5. The number of nitrogens with one attached hydrogen (secondary N) is 3. The number of rotatable bonds is 7. The number of carbonyl (C=O) groups excluding carboxylic acids is 2. The van der Waals surface area contributed by atoms with E-state index in [1.807, 2.05) is 26.8 Å². The van der Waals surface area contributed by atoms with E-state index in [1.54, 1.807) is 35.5 Å². The lowest BCUT2D eigenvalue weighted by Crippen LogP contribution is -2.44. The highest BCUT2D eigenvalue weighted by molar-refractivity contribution is 6.06. The summed E-state index contributed by atoms with van der Waals surface area (Å²) < 4.78 is 5.54.